The molecule has 1 heterocycles. The molecule has 3 nitrogen and oxygen atoms in total. The fourth-order valence-corrected chi connectivity index (χ4v) is 3.67. The number of nitrogens with one attached hydrogen (secondary N) is 1. The van der Waals surface area contributed by atoms with E-state index in [1.807, 2.05) is 19.2 Å². The smallest absolute Gasteiger partial charge is 0.127 e. The predicted molar refractivity (Wildman–Crippen MR) is 87.1 cm³/mol. The Morgan fingerprint density at radius 2 is 2.00 bits per heavy atom. The minimum Gasteiger partial charge on any atom is -0.497 e. The molecule has 0 aliphatic carbocycles. The first-order valence-corrected chi connectivity index (χ1v) is 7.92. The van der Waals surface area contributed by atoms with Crippen LogP contribution in [0.5, 0.6) is 11.5 Å². The number of ether oxygens (including phenoxy) is 2. The maximum Gasteiger partial charge on any atom is 0.127 e. The standard InChI is InChI=1S/C15H18BrNO2S/c1-17-13(9-11-5-7-15(16)20-11)12-6-4-10(18-2)8-14(12)19-3/h4-8,13,17H,9H2,1-3H3. The highest BCUT2D eigenvalue weighted by atomic mass is 79.9. The molecule has 0 saturated heterocycles. The Balaban J connectivity index is 2.26. The molecule has 0 amide bonds. The summed E-state index contributed by atoms with van der Waals surface area (Å²) in [4.78, 5) is 1.33. The zero-order valence-corrected chi connectivity index (χ0v) is 14.2. The summed E-state index contributed by atoms with van der Waals surface area (Å²) in [5.41, 5.74) is 1.14. The summed E-state index contributed by atoms with van der Waals surface area (Å²) in [6.07, 6.45) is 0.926. The van der Waals surface area contributed by atoms with Crippen LogP contribution in [-0.2, 0) is 6.42 Å². The zero-order valence-electron chi connectivity index (χ0n) is 11.8. The molecule has 20 heavy (non-hydrogen) atoms. The van der Waals surface area contributed by atoms with Crippen LogP contribution in [0.2, 0.25) is 0 Å². The Labute approximate surface area is 132 Å². The molecule has 1 atom stereocenters. The van der Waals surface area contributed by atoms with Crippen LogP contribution in [0.15, 0.2) is 34.1 Å². The third kappa shape index (κ3) is 3.53. The molecule has 0 aliphatic rings. The van der Waals surface area contributed by atoms with Crippen molar-refractivity contribution >= 4 is 27.3 Å². The molecule has 0 radical (unpaired) electrons. The summed E-state index contributed by atoms with van der Waals surface area (Å²) in [7, 11) is 5.32. The molecule has 2 rings (SSSR count). The van der Waals surface area contributed by atoms with Gasteiger partial charge in [0.1, 0.15) is 11.5 Å². The summed E-state index contributed by atoms with van der Waals surface area (Å²) in [6.45, 7) is 0. The van der Waals surface area contributed by atoms with Crippen molar-refractivity contribution in [3.05, 3.63) is 44.6 Å². The average molecular weight is 356 g/mol. The number of hydrogen-bond donors (Lipinski definition) is 1. The molecule has 0 bridgehead atoms. The molecule has 1 aromatic heterocycles. The Morgan fingerprint density at radius 1 is 1.20 bits per heavy atom. The summed E-state index contributed by atoms with van der Waals surface area (Å²) in [6, 6.07) is 10.4. The van der Waals surface area contributed by atoms with E-state index < -0.39 is 0 Å². The van der Waals surface area contributed by atoms with Gasteiger partial charge in [0.05, 0.1) is 18.0 Å². The molecule has 5 heteroatoms. The lowest BCUT2D eigenvalue weighted by molar-refractivity contribution is 0.385. The van der Waals surface area contributed by atoms with Crippen LogP contribution in [0.3, 0.4) is 0 Å². The van der Waals surface area contributed by atoms with Gasteiger partial charge in [-0.1, -0.05) is 6.07 Å². The topological polar surface area (TPSA) is 30.5 Å². The molecular formula is C15H18BrNO2S. The number of rotatable bonds is 6. The van der Waals surface area contributed by atoms with Crippen LogP contribution < -0.4 is 14.8 Å². The van der Waals surface area contributed by atoms with E-state index >= 15 is 0 Å². The summed E-state index contributed by atoms with van der Waals surface area (Å²) >= 11 is 5.26. The van der Waals surface area contributed by atoms with E-state index in [1.165, 1.54) is 4.88 Å². The number of thiophene rings is 1. The van der Waals surface area contributed by atoms with Crippen LogP contribution in [0.1, 0.15) is 16.5 Å². The van der Waals surface area contributed by atoms with Crippen molar-refractivity contribution in [2.75, 3.05) is 21.3 Å². The highest BCUT2D eigenvalue weighted by Crippen LogP contribution is 2.33. The molecule has 1 aromatic carbocycles. The Morgan fingerprint density at radius 3 is 2.55 bits per heavy atom. The van der Waals surface area contributed by atoms with Crippen molar-refractivity contribution in [1.82, 2.24) is 5.32 Å². The summed E-state index contributed by atoms with van der Waals surface area (Å²) < 4.78 is 11.9. The monoisotopic (exact) mass is 355 g/mol. The van der Waals surface area contributed by atoms with Gasteiger partial charge in [0.25, 0.3) is 0 Å². The second-order valence-electron chi connectivity index (χ2n) is 4.36. The van der Waals surface area contributed by atoms with Crippen LogP contribution in [-0.4, -0.2) is 21.3 Å². The number of halogens is 1. The van der Waals surface area contributed by atoms with Gasteiger partial charge in [-0.25, -0.2) is 0 Å². The normalized spacial score (nSPS) is 12.2. The molecule has 0 aliphatic heterocycles. The third-order valence-electron chi connectivity index (χ3n) is 3.20. The first kappa shape index (κ1) is 15.4. The van der Waals surface area contributed by atoms with E-state index in [0.29, 0.717) is 0 Å². The molecule has 0 spiro atoms. The number of methoxy groups -OCH3 is 2. The van der Waals surface area contributed by atoms with Gasteiger partial charge in [0, 0.05) is 29.0 Å². The Bertz CT molecular complexity index is 571. The van der Waals surface area contributed by atoms with E-state index in [2.05, 4.69) is 39.4 Å². The molecule has 2 aromatic rings. The van der Waals surface area contributed by atoms with Crippen molar-refractivity contribution < 1.29 is 9.47 Å². The highest BCUT2D eigenvalue weighted by molar-refractivity contribution is 9.11. The molecule has 108 valence electrons. The minimum atomic E-state index is 0.210. The summed E-state index contributed by atoms with van der Waals surface area (Å²) in [5, 5.41) is 3.36. The lowest BCUT2D eigenvalue weighted by Crippen LogP contribution is -2.19. The number of hydrogen-bond acceptors (Lipinski definition) is 4. The van der Waals surface area contributed by atoms with E-state index in [4.69, 9.17) is 9.47 Å². The second-order valence-corrected chi connectivity index (χ2v) is 6.91. The van der Waals surface area contributed by atoms with Crippen molar-refractivity contribution in [3.8, 4) is 11.5 Å². The second kappa shape index (κ2) is 7.11. The molecule has 1 N–H and O–H groups in total. The van der Waals surface area contributed by atoms with Gasteiger partial charge < -0.3 is 14.8 Å². The van der Waals surface area contributed by atoms with E-state index in [0.717, 1.165) is 27.3 Å². The van der Waals surface area contributed by atoms with Crippen molar-refractivity contribution in [3.63, 3.8) is 0 Å². The molecule has 0 saturated carbocycles. The van der Waals surface area contributed by atoms with Crippen LogP contribution >= 0.6 is 27.3 Å². The lowest BCUT2D eigenvalue weighted by Gasteiger charge is -2.19. The van der Waals surface area contributed by atoms with Crippen molar-refractivity contribution in [2.45, 2.75) is 12.5 Å². The molecule has 0 fully saturated rings. The van der Waals surface area contributed by atoms with Crippen molar-refractivity contribution in [2.24, 2.45) is 0 Å². The fraction of sp³-hybridized carbons (Fsp3) is 0.333. The van der Waals surface area contributed by atoms with Gasteiger partial charge in [-0.05, 0) is 41.2 Å². The third-order valence-corrected chi connectivity index (χ3v) is 4.84. The predicted octanol–water partition coefficient (Wildman–Crippen LogP) is 4.03. The number of likely N-dealkylation sites (N-methyl/N-ethyl adjacent to an activating group) is 1. The average Bonchev–Trinajstić information content (AvgIpc) is 2.89. The largest absolute Gasteiger partial charge is 0.497 e. The quantitative estimate of drug-likeness (QED) is 0.848. The van der Waals surface area contributed by atoms with Crippen molar-refractivity contribution in [1.29, 1.82) is 0 Å². The molecule has 1 unspecified atom stereocenters. The van der Waals surface area contributed by atoms with Crippen LogP contribution in [0.25, 0.3) is 0 Å². The van der Waals surface area contributed by atoms with Gasteiger partial charge in [-0.2, -0.15) is 0 Å². The van der Waals surface area contributed by atoms with Gasteiger partial charge in [-0.3, -0.25) is 0 Å². The minimum absolute atomic E-state index is 0.210. The number of benzene rings is 1. The Hall–Kier alpha value is -1.04. The van der Waals surface area contributed by atoms with Crippen LogP contribution in [0.4, 0.5) is 0 Å². The highest BCUT2D eigenvalue weighted by Gasteiger charge is 2.16. The van der Waals surface area contributed by atoms with E-state index in [-0.39, 0.29) is 6.04 Å². The maximum absolute atomic E-state index is 5.49. The van der Waals surface area contributed by atoms with Gasteiger partial charge >= 0.3 is 0 Å². The fourth-order valence-electron chi connectivity index (χ4n) is 2.14. The van der Waals surface area contributed by atoms with Gasteiger partial charge in [-0.15, -0.1) is 11.3 Å². The zero-order chi connectivity index (χ0) is 14.5. The lowest BCUT2D eigenvalue weighted by atomic mass is 10.0. The van der Waals surface area contributed by atoms with E-state index in [9.17, 15) is 0 Å². The maximum atomic E-state index is 5.49. The first-order valence-electron chi connectivity index (χ1n) is 6.31. The summed E-state index contributed by atoms with van der Waals surface area (Å²) in [5.74, 6) is 1.65. The van der Waals surface area contributed by atoms with Gasteiger partial charge in [0.2, 0.25) is 0 Å². The van der Waals surface area contributed by atoms with Crippen LogP contribution in [0, 0.1) is 0 Å². The SMILES string of the molecule is CNC(Cc1ccc(Br)s1)c1ccc(OC)cc1OC. The first-order chi connectivity index (χ1) is 9.67. The molecular weight excluding hydrogens is 338 g/mol. The van der Waals surface area contributed by atoms with Gasteiger partial charge in [0.15, 0.2) is 0 Å². The Kier molecular flexibility index (Phi) is 5.46. The van der Waals surface area contributed by atoms with E-state index in [1.54, 1.807) is 25.6 Å².